The molecule has 2 atom stereocenters. The average molecular weight is 349 g/mol. The fourth-order valence-corrected chi connectivity index (χ4v) is 3.28. The van der Waals surface area contributed by atoms with Crippen molar-refractivity contribution in [2.24, 2.45) is 0 Å². The number of nitrogens with one attached hydrogen (secondary N) is 1. The Morgan fingerprint density at radius 2 is 1.88 bits per heavy atom. The second-order valence-electron chi connectivity index (χ2n) is 6.30. The molecule has 0 unspecified atom stereocenters. The summed E-state index contributed by atoms with van der Waals surface area (Å²) in [6, 6.07) is 18.4. The first-order chi connectivity index (χ1) is 12.7. The van der Waals surface area contributed by atoms with Crippen LogP contribution < -0.4 is 10.1 Å². The van der Waals surface area contributed by atoms with Crippen molar-refractivity contribution in [1.82, 2.24) is 5.32 Å². The fourth-order valence-electron chi connectivity index (χ4n) is 3.28. The topological polar surface area (TPSA) is 71.7 Å². The standard InChI is InChI=1S/C21H19NO4/c23-18-12-14-6-4-5-9-17(14)19(18)22-21(24)20-15(10-11-25-20)13-26-16-7-2-1-3-8-16/h1-11,18-19,23H,12-13H2,(H,22,24)/t18-,19+/m0/s1. The molecule has 0 fully saturated rings. The number of para-hydroxylation sites is 1. The van der Waals surface area contributed by atoms with Gasteiger partial charge in [-0.05, 0) is 29.3 Å². The normalized spacial score (nSPS) is 18.3. The van der Waals surface area contributed by atoms with Crippen molar-refractivity contribution in [2.45, 2.75) is 25.2 Å². The van der Waals surface area contributed by atoms with Crippen LogP contribution in [-0.2, 0) is 13.0 Å². The lowest BCUT2D eigenvalue weighted by Gasteiger charge is -2.17. The van der Waals surface area contributed by atoms with Crippen LogP contribution in [-0.4, -0.2) is 17.1 Å². The Morgan fingerprint density at radius 3 is 2.73 bits per heavy atom. The van der Waals surface area contributed by atoms with Crippen LogP contribution >= 0.6 is 0 Å². The zero-order valence-electron chi connectivity index (χ0n) is 14.1. The largest absolute Gasteiger partial charge is 0.489 e. The molecule has 1 amide bonds. The molecular formula is C21H19NO4. The van der Waals surface area contributed by atoms with E-state index in [1.54, 1.807) is 6.07 Å². The molecule has 0 aliphatic heterocycles. The summed E-state index contributed by atoms with van der Waals surface area (Å²) in [5.41, 5.74) is 2.66. The van der Waals surface area contributed by atoms with E-state index < -0.39 is 12.1 Å². The molecule has 1 aliphatic rings. The number of aliphatic hydroxyl groups excluding tert-OH is 1. The van der Waals surface area contributed by atoms with Gasteiger partial charge >= 0.3 is 0 Å². The summed E-state index contributed by atoms with van der Waals surface area (Å²) < 4.78 is 11.1. The van der Waals surface area contributed by atoms with E-state index in [1.807, 2.05) is 54.6 Å². The minimum Gasteiger partial charge on any atom is -0.489 e. The Labute approximate surface area is 151 Å². The predicted molar refractivity (Wildman–Crippen MR) is 95.8 cm³/mol. The molecular weight excluding hydrogens is 330 g/mol. The molecule has 1 aromatic heterocycles. The van der Waals surface area contributed by atoms with Gasteiger partial charge in [0.2, 0.25) is 0 Å². The Bertz CT molecular complexity index is 903. The number of amides is 1. The SMILES string of the molecule is O=C(N[C@@H]1c2ccccc2C[C@@H]1O)c1occc1COc1ccccc1. The number of carbonyl (C=O) groups excluding carboxylic acids is 1. The highest BCUT2D eigenvalue weighted by molar-refractivity contribution is 5.93. The molecule has 4 rings (SSSR count). The maximum atomic E-state index is 12.7. The number of hydrogen-bond acceptors (Lipinski definition) is 4. The van der Waals surface area contributed by atoms with Crippen molar-refractivity contribution in [2.75, 3.05) is 0 Å². The first kappa shape index (κ1) is 16.4. The lowest BCUT2D eigenvalue weighted by atomic mass is 10.1. The summed E-state index contributed by atoms with van der Waals surface area (Å²) in [4.78, 5) is 12.7. The molecule has 0 saturated heterocycles. The van der Waals surface area contributed by atoms with Crippen molar-refractivity contribution in [3.05, 3.63) is 89.4 Å². The Hall–Kier alpha value is -3.05. The summed E-state index contributed by atoms with van der Waals surface area (Å²) in [5, 5.41) is 13.2. The molecule has 2 aromatic carbocycles. The van der Waals surface area contributed by atoms with Gasteiger partial charge < -0.3 is 19.6 Å². The molecule has 0 radical (unpaired) electrons. The van der Waals surface area contributed by atoms with Crippen molar-refractivity contribution < 1.29 is 19.1 Å². The Balaban J connectivity index is 1.47. The first-order valence-electron chi connectivity index (χ1n) is 8.53. The second kappa shape index (κ2) is 7.06. The van der Waals surface area contributed by atoms with Crippen LogP contribution in [0, 0.1) is 0 Å². The third kappa shape index (κ3) is 3.21. The molecule has 0 saturated carbocycles. The van der Waals surface area contributed by atoms with Crippen LogP contribution in [0.4, 0.5) is 0 Å². The number of ether oxygens (including phenoxy) is 1. The maximum Gasteiger partial charge on any atom is 0.287 e. The monoisotopic (exact) mass is 349 g/mol. The fraction of sp³-hybridized carbons (Fsp3) is 0.190. The summed E-state index contributed by atoms with van der Waals surface area (Å²) >= 11 is 0. The summed E-state index contributed by atoms with van der Waals surface area (Å²) in [7, 11) is 0. The summed E-state index contributed by atoms with van der Waals surface area (Å²) in [6.45, 7) is 0.229. The molecule has 5 nitrogen and oxygen atoms in total. The predicted octanol–water partition coefficient (Wildman–Crippen LogP) is 3.25. The number of hydrogen-bond donors (Lipinski definition) is 2. The van der Waals surface area contributed by atoms with E-state index in [-0.39, 0.29) is 18.3 Å². The van der Waals surface area contributed by atoms with Gasteiger partial charge in [-0.15, -0.1) is 0 Å². The smallest absolute Gasteiger partial charge is 0.287 e. The Morgan fingerprint density at radius 1 is 1.12 bits per heavy atom. The van der Waals surface area contributed by atoms with E-state index in [0.29, 0.717) is 12.0 Å². The van der Waals surface area contributed by atoms with Crippen molar-refractivity contribution in [1.29, 1.82) is 0 Å². The first-order valence-corrected chi connectivity index (χ1v) is 8.53. The highest BCUT2D eigenvalue weighted by Gasteiger charge is 2.33. The van der Waals surface area contributed by atoms with Gasteiger partial charge in [0.15, 0.2) is 5.76 Å². The van der Waals surface area contributed by atoms with Crippen LogP contribution in [0.2, 0.25) is 0 Å². The lowest BCUT2D eigenvalue weighted by molar-refractivity contribution is 0.0828. The lowest BCUT2D eigenvalue weighted by Crippen LogP contribution is -2.34. The average Bonchev–Trinajstić information content (AvgIpc) is 3.26. The van der Waals surface area contributed by atoms with Gasteiger partial charge in [0.05, 0.1) is 18.4 Å². The summed E-state index contributed by atoms with van der Waals surface area (Å²) in [6.07, 6.45) is 1.36. The summed E-state index contributed by atoms with van der Waals surface area (Å²) in [5.74, 6) is 0.570. The van der Waals surface area contributed by atoms with E-state index in [9.17, 15) is 9.90 Å². The van der Waals surface area contributed by atoms with Crippen LogP contribution in [0.5, 0.6) is 5.75 Å². The highest BCUT2D eigenvalue weighted by atomic mass is 16.5. The maximum absolute atomic E-state index is 12.7. The number of carbonyl (C=O) groups is 1. The van der Waals surface area contributed by atoms with Gasteiger partial charge in [-0.1, -0.05) is 42.5 Å². The van der Waals surface area contributed by atoms with Gasteiger partial charge in [-0.2, -0.15) is 0 Å². The van der Waals surface area contributed by atoms with Crippen LogP contribution in [0.15, 0.2) is 71.3 Å². The second-order valence-corrected chi connectivity index (χ2v) is 6.30. The molecule has 26 heavy (non-hydrogen) atoms. The van der Waals surface area contributed by atoms with Crippen molar-refractivity contribution >= 4 is 5.91 Å². The number of furan rings is 1. The molecule has 5 heteroatoms. The highest BCUT2D eigenvalue weighted by Crippen LogP contribution is 2.31. The van der Waals surface area contributed by atoms with Crippen molar-refractivity contribution in [3.8, 4) is 5.75 Å². The number of fused-ring (bicyclic) bond motifs is 1. The van der Waals surface area contributed by atoms with Crippen LogP contribution in [0.3, 0.4) is 0 Å². The number of benzene rings is 2. The molecule has 0 spiro atoms. The molecule has 3 aromatic rings. The number of aliphatic hydroxyl groups is 1. The van der Waals surface area contributed by atoms with Gasteiger partial charge in [0.25, 0.3) is 5.91 Å². The Kier molecular flexibility index (Phi) is 4.46. The van der Waals surface area contributed by atoms with Gasteiger partial charge in [0.1, 0.15) is 12.4 Å². The van der Waals surface area contributed by atoms with E-state index >= 15 is 0 Å². The third-order valence-corrected chi connectivity index (χ3v) is 4.58. The van der Waals surface area contributed by atoms with E-state index in [2.05, 4.69) is 5.32 Å². The van der Waals surface area contributed by atoms with E-state index in [4.69, 9.17) is 9.15 Å². The molecule has 132 valence electrons. The van der Waals surface area contributed by atoms with Crippen LogP contribution in [0.25, 0.3) is 0 Å². The van der Waals surface area contributed by atoms with Gasteiger partial charge in [0, 0.05) is 12.0 Å². The van der Waals surface area contributed by atoms with Gasteiger partial charge in [-0.3, -0.25) is 4.79 Å². The molecule has 2 N–H and O–H groups in total. The third-order valence-electron chi connectivity index (χ3n) is 4.58. The minimum atomic E-state index is -0.643. The van der Waals surface area contributed by atoms with E-state index in [1.165, 1.54) is 6.26 Å². The zero-order valence-corrected chi connectivity index (χ0v) is 14.1. The van der Waals surface area contributed by atoms with Crippen LogP contribution in [0.1, 0.15) is 33.3 Å². The molecule has 1 heterocycles. The molecule has 0 bridgehead atoms. The van der Waals surface area contributed by atoms with Gasteiger partial charge in [-0.25, -0.2) is 0 Å². The zero-order chi connectivity index (χ0) is 17.9. The molecule has 1 aliphatic carbocycles. The minimum absolute atomic E-state index is 0.206. The van der Waals surface area contributed by atoms with E-state index in [0.717, 1.165) is 16.9 Å². The van der Waals surface area contributed by atoms with Crippen molar-refractivity contribution in [3.63, 3.8) is 0 Å². The number of rotatable bonds is 5. The quantitative estimate of drug-likeness (QED) is 0.742.